The maximum absolute atomic E-state index is 6.12. The van der Waals surface area contributed by atoms with Crippen molar-refractivity contribution in [3.8, 4) is 0 Å². The monoisotopic (exact) mass is 293 g/mol. The molecule has 2 heteroatoms. The number of nitrogens with one attached hydrogen (secondary N) is 1. The van der Waals surface area contributed by atoms with Crippen LogP contribution in [-0.4, -0.2) is 13.1 Å². The predicted octanol–water partition coefficient (Wildman–Crippen LogP) is 5.08. The first-order valence-corrected chi connectivity index (χ1v) is 8.62. The molecule has 20 heavy (non-hydrogen) atoms. The zero-order chi connectivity index (χ0) is 14.2. The van der Waals surface area contributed by atoms with Crippen LogP contribution < -0.4 is 5.32 Å². The molecule has 1 N–H and O–H groups in total. The van der Waals surface area contributed by atoms with E-state index in [0.29, 0.717) is 0 Å². The standard InChI is InChI=1S/C18H28ClN/c1-2-11-20-14-17-9-5-3-4-8-16(17)12-15-7-6-10-18(19)13-15/h6-7,10,13,16-17,20H,2-5,8-9,11-12,14H2,1H3. The topological polar surface area (TPSA) is 12.0 Å². The van der Waals surface area contributed by atoms with Gasteiger partial charge in [0.05, 0.1) is 0 Å². The summed E-state index contributed by atoms with van der Waals surface area (Å²) in [6, 6.07) is 8.42. The first-order valence-electron chi connectivity index (χ1n) is 8.24. The first-order chi connectivity index (χ1) is 9.79. The average Bonchev–Trinajstić information content (AvgIpc) is 2.65. The zero-order valence-corrected chi connectivity index (χ0v) is 13.5. The zero-order valence-electron chi connectivity index (χ0n) is 12.7. The molecule has 0 spiro atoms. The molecule has 0 radical (unpaired) electrons. The average molecular weight is 294 g/mol. The smallest absolute Gasteiger partial charge is 0.0408 e. The van der Waals surface area contributed by atoms with Crippen LogP contribution in [0, 0.1) is 11.8 Å². The van der Waals surface area contributed by atoms with Crippen molar-refractivity contribution in [3.63, 3.8) is 0 Å². The summed E-state index contributed by atoms with van der Waals surface area (Å²) in [6.07, 6.45) is 9.41. The van der Waals surface area contributed by atoms with Crippen LogP contribution in [0.15, 0.2) is 24.3 Å². The molecule has 2 rings (SSSR count). The first kappa shape index (κ1) is 15.9. The third-order valence-corrected chi connectivity index (χ3v) is 4.77. The molecule has 1 aliphatic rings. The van der Waals surface area contributed by atoms with Crippen LogP contribution in [0.4, 0.5) is 0 Å². The predicted molar refractivity (Wildman–Crippen MR) is 88.4 cm³/mol. The second kappa shape index (κ2) is 8.69. The van der Waals surface area contributed by atoms with Gasteiger partial charge in [0, 0.05) is 5.02 Å². The second-order valence-corrected chi connectivity index (χ2v) is 6.63. The van der Waals surface area contributed by atoms with Crippen molar-refractivity contribution >= 4 is 11.6 Å². The summed E-state index contributed by atoms with van der Waals surface area (Å²) in [5.41, 5.74) is 1.41. The highest BCUT2D eigenvalue weighted by Gasteiger charge is 2.23. The van der Waals surface area contributed by atoms with E-state index in [9.17, 15) is 0 Å². The molecule has 0 aromatic heterocycles. The van der Waals surface area contributed by atoms with Crippen molar-refractivity contribution in [3.05, 3.63) is 34.9 Å². The summed E-state index contributed by atoms with van der Waals surface area (Å²) in [7, 11) is 0. The van der Waals surface area contributed by atoms with Crippen molar-refractivity contribution in [1.82, 2.24) is 5.32 Å². The van der Waals surface area contributed by atoms with Gasteiger partial charge >= 0.3 is 0 Å². The van der Waals surface area contributed by atoms with Gasteiger partial charge in [0.2, 0.25) is 0 Å². The minimum absolute atomic E-state index is 0.820. The van der Waals surface area contributed by atoms with Crippen molar-refractivity contribution < 1.29 is 0 Å². The van der Waals surface area contributed by atoms with Crippen LogP contribution in [-0.2, 0) is 6.42 Å². The summed E-state index contributed by atoms with van der Waals surface area (Å²) in [5.74, 6) is 1.66. The highest BCUT2D eigenvalue weighted by atomic mass is 35.5. The SMILES string of the molecule is CCCNCC1CCCCCC1Cc1cccc(Cl)c1. The van der Waals surface area contributed by atoms with Crippen LogP contribution in [0.1, 0.15) is 51.0 Å². The Morgan fingerprint density at radius 1 is 1.15 bits per heavy atom. The molecular weight excluding hydrogens is 266 g/mol. The lowest BCUT2D eigenvalue weighted by atomic mass is 9.83. The molecule has 1 aromatic carbocycles. The Morgan fingerprint density at radius 2 is 1.95 bits per heavy atom. The fourth-order valence-corrected chi connectivity index (χ4v) is 3.64. The molecular formula is C18H28ClN. The highest BCUT2D eigenvalue weighted by molar-refractivity contribution is 6.30. The molecule has 0 aliphatic heterocycles. The lowest BCUT2D eigenvalue weighted by Gasteiger charge is -2.26. The maximum Gasteiger partial charge on any atom is 0.0408 e. The lowest BCUT2D eigenvalue weighted by Crippen LogP contribution is -2.29. The van der Waals surface area contributed by atoms with Crippen molar-refractivity contribution in [2.45, 2.75) is 51.9 Å². The van der Waals surface area contributed by atoms with Gasteiger partial charge in [-0.2, -0.15) is 0 Å². The molecule has 1 aliphatic carbocycles. The Bertz CT molecular complexity index is 391. The van der Waals surface area contributed by atoms with Crippen LogP contribution in [0.25, 0.3) is 0 Å². The molecule has 1 aromatic rings. The molecule has 2 unspecified atom stereocenters. The summed E-state index contributed by atoms with van der Waals surface area (Å²) in [4.78, 5) is 0. The molecule has 1 nitrogen and oxygen atoms in total. The highest BCUT2D eigenvalue weighted by Crippen LogP contribution is 2.31. The normalized spacial score (nSPS) is 23.5. The molecule has 0 amide bonds. The summed E-state index contributed by atoms with van der Waals surface area (Å²) < 4.78 is 0. The van der Waals surface area contributed by atoms with Gasteiger partial charge in [-0.1, -0.05) is 49.9 Å². The van der Waals surface area contributed by atoms with Gasteiger partial charge in [-0.3, -0.25) is 0 Å². The Hall–Kier alpha value is -0.530. The summed E-state index contributed by atoms with van der Waals surface area (Å²) in [6.45, 7) is 4.59. The minimum Gasteiger partial charge on any atom is -0.316 e. The molecule has 2 atom stereocenters. The molecule has 1 fully saturated rings. The van der Waals surface area contributed by atoms with Crippen LogP contribution in [0.5, 0.6) is 0 Å². The third kappa shape index (κ3) is 5.10. The van der Waals surface area contributed by atoms with Crippen LogP contribution in [0.2, 0.25) is 5.02 Å². The van der Waals surface area contributed by atoms with Gasteiger partial charge in [0.1, 0.15) is 0 Å². The van der Waals surface area contributed by atoms with Gasteiger partial charge in [0.15, 0.2) is 0 Å². The van der Waals surface area contributed by atoms with Gasteiger partial charge < -0.3 is 5.32 Å². The van der Waals surface area contributed by atoms with E-state index in [-0.39, 0.29) is 0 Å². The number of hydrogen-bond acceptors (Lipinski definition) is 1. The molecule has 0 heterocycles. The third-order valence-electron chi connectivity index (χ3n) is 4.54. The fourth-order valence-electron chi connectivity index (χ4n) is 3.43. The van der Waals surface area contributed by atoms with Crippen molar-refractivity contribution in [2.24, 2.45) is 11.8 Å². The van der Waals surface area contributed by atoms with Crippen LogP contribution in [0.3, 0.4) is 0 Å². The second-order valence-electron chi connectivity index (χ2n) is 6.20. The molecule has 0 saturated heterocycles. The number of hydrogen-bond donors (Lipinski definition) is 1. The molecule has 112 valence electrons. The Balaban J connectivity index is 1.96. The molecule has 0 bridgehead atoms. The van der Waals surface area contributed by atoms with Crippen molar-refractivity contribution in [1.29, 1.82) is 0 Å². The Labute approximate surface area is 129 Å². The van der Waals surface area contributed by atoms with E-state index in [1.807, 2.05) is 6.07 Å². The van der Waals surface area contributed by atoms with E-state index in [1.54, 1.807) is 0 Å². The van der Waals surface area contributed by atoms with E-state index >= 15 is 0 Å². The van der Waals surface area contributed by atoms with Gasteiger partial charge in [-0.25, -0.2) is 0 Å². The van der Waals surface area contributed by atoms with Gasteiger partial charge in [-0.15, -0.1) is 0 Å². The fraction of sp³-hybridized carbons (Fsp3) is 0.667. The summed E-state index contributed by atoms with van der Waals surface area (Å²) in [5, 5.41) is 4.51. The van der Waals surface area contributed by atoms with Crippen LogP contribution >= 0.6 is 11.6 Å². The minimum atomic E-state index is 0.820. The molecule has 1 saturated carbocycles. The number of benzene rings is 1. The number of halogens is 1. The lowest BCUT2D eigenvalue weighted by molar-refractivity contribution is 0.298. The van der Waals surface area contributed by atoms with Gasteiger partial charge in [-0.05, 0) is 68.3 Å². The van der Waals surface area contributed by atoms with E-state index in [0.717, 1.165) is 23.4 Å². The van der Waals surface area contributed by atoms with E-state index < -0.39 is 0 Å². The van der Waals surface area contributed by atoms with E-state index in [4.69, 9.17) is 11.6 Å². The summed E-state index contributed by atoms with van der Waals surface area (Å²) >= 11 is 6.12. The van der Waals surface area contributed by atoms with E-state index in [2.05, 4.69) is 30.4 Å². The maximum atomic E-state index is 6.12. The van der Waals surface area contributed by atoms with Gasteiger partial charge in [0.25, 0.3) is 0 Å². The van der Waals surface area contributed by atoms with E-state index in [1.165, 1.54) is 57.1 Å². The van der Waals surface area contributed by atoms with Crippen molar-refractivity contribution in [2.75, 3.05) is 13.1 Å². The Morgan fingerprint density at radius 3 is 2.70 bits per heavy atom. The Kier molecular flexibility index (Phi) is 6.89. The quantitative estimate of drug-likeness (QED) is 0.570. The number of rotatable bonds is 6. The largest absolute Gasteiger partial charge is 0.316 e.